The Morgan fingerprint density at radius 1 is 1.30 bits per heavy atom. The van der Waals surface area contributed by atoms with Crippen LogP contribution in [0.3, 0.4) is 0 Å². The second-order valence-electron chi connectivity index (χ2n) is 7.18. The Morgan fingerprint density at radius 2 is 1.96 bits per heavy atom. The Kier molecular flexibility index (Phi) is 5.17. The maximum atomic E-state index is 12.0. The SMILES string of the molecule is CN(Cc1ccccc1C(C)(C)C#N)[C@@H]1CCC[C@H]1S(C)(=O)=O. The average molecular weight is 334 g/mol. The van der Waals surface area contributed by atoms with Crippen molar-refractivity contribution in [1.29, 1.82) is 5.26 Å². The van der Waals surface area contributed by atoms with Crippen LogP contribution in [0.1, 0.15) is 44.2 Å². The smallest absolute Gasteiger partial charge is 0.151 e. The van der Waals surface area contributed by atoms with Crippen LogP contribution in [0.4, 0.5) is 0 Å². The number of rotatable bonds is 5. The fourth-order valence-electron chi connectivity index (χ4n) is 3.62. The summed E-state index contributed by atoms with van der Waals surface area (Å²) >= 11 is 0. The maximum absolute atomic E-state index is 12.0. The molecule has 5 heteroatoms. The molecule has 0 unspecified atom stereocenters. The van der Waals surface area contributed by atoms with Gasteiger partial charge in [0.25, 0.3) is 0 Å². The van der Waals surface area contributed by atoms with Crippen molar-refractivity contribution in [2.24, 2.45) is 0 Å². The first-order valence-corrected chi connectivity index (χ1v) is 10.0. The van der Waals surface area contributed by atoms with Crippen molar-refractivity contribution in [3.8, 4) is 6.07 Å². The van der Waals surface area contributed by atoms with Gasteiger partial charge in [-0.05, 0) is 44.9 Å². The number of sulfone groups is 1. The Balaban J connectivity index is 2.25. The molecule has 0 radical (unpaired) electrons. The van der Waals surface area contributed by atoms with E-state index in [9.17, 15) is 13.7 Å². The van der Waals surface area contributed by atoms with Gasteiger partial charge in [-0.25, -0.2) is 8.42 Å². The summed E-state index contributed by atoms with van der Waals surface area (Å²) in [6.07, 6.45) is 3.96. The van der Waals surface area contributed by atoms with Crippen molar-refractivity contribution in [2.45, 2.75) is 56.4 Å². The first-order chi connectivity index (χ1) is 10.7. The third kappa shape index (κ3) is 3.94. The van der Waals surface area contributed by atoms with Gasteiger partial charge in [-0.3, -0.25) is 4.90 Å². The zero-order valence-corrected chi connectivity index (χ0v) is 15.2. The van der Waals surface area contributed by atoms with Crippen molar-refractivity contribution in [3.63, 3.8) is 0 Å². The molecule has 4 nitrogen and oxygen atoms in total. The molecule has 1 saturated carbocycles. The normalized spacial score (nSPS) is 22.3. The molecule has 126 valence electrons. The molecule has 1 aromatic carbocycles. The minimum absolute atomic E-state index is 0.0586. The van der Waals surface area contributed by atoms with Gasteiger partial charge in [0.1, 0.15) is 0 Å². The number of benzene rings is 1. The van der Waals surface area contributed by atoms with Crippen molar-refractivity contribution < 1.29 is 8.42 Å². The summed E-state index contributed by atoms with van der Waals surface area (Å²) in [6.45, 7) is 4.50. The summed E-state index contributed by atoms with van der Waals surface area (Å²) in [5.74, 6) is 0. The predicted molar refractivity (Wildman–Crippen MR) is 92.8 cm³/mol. The van der Waals surface area contributed by atoms with Gasteiger partial charge in [-0.2, -0.15) is 5.26 Å². The molecule has 0 aromatic heterocycles. The van der Waals surface area contributed by atoms with E-state index >= 15 is 0 Å². The Hall–Kier alpha value is -1.38. The van der Waals surface area contributed by atoms with E-state index in [1.807, 2.05) is 45.2 Å². The molecule has 2 atom stereocenters. The fraction of sp³-hybridized carbons (Fsp3) is 0.611. The average Bonchev–Trinajstić information content (AvgIpc) is 2.97. The number of nitriles is 1. The van der Waals surface area contributed by atoms with Gasteiger partial charge in [0.15, 0.2) is 9.84 Å². The van der Waals surface area contributed by atoms with Crippen LogP contribution in [0.2, 0.25) is 0 Å². The van der Waals surface area contributed by atoms with Gasteiger partial charge < -0.3 is 0 Å². The van der Waals surface area contributed by atoms with Crippen LogP contribution >= 0.6 is 0 Å². The molecule has 0 aliphatic heterocycles. The summed E-state index contributed by atoms with van der Waals surface area (Å²) in [4.78, 5) is 2.14. The number of nitrogens with zero attached hydrogens (tertiary/aromatic N) is 2. The molecule has 0 spiro atoms. The van der Waals surface area contributed by atoms with Crippen LogP contribution in [0, 0.1) is 11.3 Å². The highest BCUT2D eigenvalue weighted by Crippen LogP contribution is 2.31. The van der Waals surface area contributed by atoms with Gasteiger partial charge in [-0.1, -0.05) is 30.7 Å². The van der Waals surface area contributed by atoms with E-state index in [4.69, 9.17) is 0 Å². The highest BCUT2D eigenvalue weighted by atomic mass is 32.2. The summed E-state index contributed by atoms with van der Waals surface area (Å²) in [5, 5.41) is 9.15. The quantitative estimate of drug-likeness (QED) is 0.831. The van der Waals surface area contributed by atoms with Crippen molar-refractivity contribution >= 4 is 9.84 Å². The first-order valence-electron chi connectivity index (χ1n) is 8.05. The van der Waals surface area contributed by atoms with E-state index in [-0.39, 0.29) is 11.3 Å². The minimum atomic E-state index is -3.03. The van der Waals surface area contributed by atoms with Crippen LogP contribution in [0.25, 0.3) is 0 Å². The molecule has 0 saturated heterocycles. The zero-order chi connectivity index (χ0) is 17.3. The number of hydrogen-bond donors (Lipinski definition) is 0. The Bertz CT molecular complexity index is 704. The van der Waals surface area contributed by atoms with Gasteiger partial charge in [0, 0.05) is 18.8 Å². The second-order valence-corrected chi connectivity index (χ2v) is 9.44. The summed E-state index contributed by atoms with van der Waals surface area (Å²) in [7, 11) is -1.04. The first kappa shape index (κ1) is 18.0. The topological polar surface area (TPSA) is 61.2 Å². The molecular weight excluding hydrogens is 308 g/mol. The monoisotopic (exact) mass is 334 g/mol. The molecular formula is C18H26N2O2S. The lowest BCUT2D eigenvalue weighted by Crippen LogP contribution is -2.41. The molecule has 23 heavy (non-hydrogen) atoms. The largest absolute Gasteiger partial charge is 0.298 e. The predicted octanol–water partition coefficient (Wildman–Crippen LogP) is 2.89. The zero-order valence-electron chi connectivity index (χ0n) is 14.4. The summed E-state index contributed by atoms with van der Waals surface area (Å²) < 4.78 is 24.0. The fourth-order valence-corrected chi connectivity index (χ4v) is 5.13. The molecule has 0 amide bonds. The lowest BCUT2D eigenvalue weighted by molar-refractivity contribution is 0.237. The molecule has 1 aromatic rings. The van der Waals surface area contributed by atoms with Crippen LogP contribution < -0.4 is 0 Å². The molecule has 0 heterocycles. The lowest BCUT2D eigenvalue weighted by Gasteiger charge is -2.30. The van der Waals surface area contributed by atoms with Gasteiger partial charge in [0.05, 0.1) is 16.7 Å². The van der Waals surface area contributed by atoms with Crippen LogP contribution in [-0.4, -0.2) is 37.9 Å². The molecule has 1 aliphatic rings. The maximum Gasteiger partial charge on any atom is 0.151 e. The van der Waals surface area contributed by atoms with Crippen molar-refractivity contribution in [3.05, 3.63) is 35.4 Å². The number of hydrogen-bond acceptors (Lipinski definition) is 4. The van der Waals surface area contributed by atoms with E-state index in [1.165, 1.54) is 6.26 Å². The highest BCUT2D eigenvalue weighted by Gasteiger charge is 2.37. The minimum Gasteiger partial charge on any atom is -0.298 e. The third-order valence-electron chi connectivity index (χ3n) is 4.92. The van der Waals surface area contributed by atoms with Crippen molar-refractivity contribution in [1.82, 2.24) is 4.90 Å². The molecule has 1 aliphatic carbocycles. The Morgan fingerprint density at radius 3 is 2.57 bits per heavy atom. The van der Waals surface area contributed by atoms with E-state index in [2.05, 4.69) is 11.0 Å². The van der Waals surface area contributed by atoms with Crippen LogP contribution in [0.5, 0.6) is 0 Å². The standard InChI is InChI=1S/C18H26N2O2S/c1-18(2,13-19)15-9-6-5-8-14(15)12-20(3)16-10-7-11-17(16)23(4,21)22/h5-6,8-9,16-17H,7,10-12H2,1-4H3/t16-,17-/m1/s1. The van der Waals surface area contributed by atoms with E-state index < -0.39 is 15.3 Å². The molecule has 0 bridgehead atoms. The van der Waals surface area contributed by atoms with E-state index in [0.717, 1.165) is 30.4 Å². The molecule has 0 N–H and O–H groups in total. The van der Waals surface area contributed by atoms with E-state index in [0.29, 0.717) is 6.54 Å². The van der Waals surface area contributed by atoms with Crippen molar-refractivity contribution in [2.75, 3.05) is 13.3 Å². The summed E-state index contributed by atoms with van der Waals surface area (Å²) in [6, 6.07) is 10.4. The Labute approximate surface area is 140 Å². The molecule has 2 rings (SSSR count). The van der Waals surface area contributed by atoms with Gasteiger partial charge in [-0.15, -0.1) is 0 Å². The molecule has 1 fully saturated rings. The van der Waals surface area contributed by atoms with Gasteiger partial charge >= 0.3 is 0 Å². The summed E-state index contributed by atoms with van der Waals surface area (Å²) in [5.41, 5.74) is 1.56. The second kappa shape index (κ2) is 6.62. The lowest BCUT2D eigenvalue weighted by atomic mass is 9.83. The van der Waals surface area contributed by atoms with Crippen LogP contribution in [0.15, 0.2) is 24.3 Å². The highest BCUT2D eigenvalue weighted by molar-refractivity contribution is 7.91. The van der Waals surface area contributed by atoms with Crippen LogP contribution in [-0.2, 0) is 21.8 Å². The van der Waals surface area contributed by atoms with E-state index in [1.54, 1.807) is 0 Å². The van der Waals surface area contributed by atoms with Gasteiger partial charge in [0.2, 0.25) is 0 Å². The third-order valence-corrected chi connectivity index (χ3v) is 6.57.